The Hall–Kier alpha value is -3.52. The summed E-state index contributed by atoms with van der Waals surface area (Å²) in [5.74, 6) is 0. The second kappa shape index (κ2) is 13.3. The number of rotatable bonds is 12. The molecule has 0 saturated heterocycles. The largest absolute Gasteiger partial charge is 0.390 e. The average Bonchev–Trinajstić information content (AvgIpc) is 2.90. The van der Waals surface area contributed by atoms with E-state index in [-0.39, 0.29) is 5.41 Å². The first kappa shape index (κ1) is 27.5. The van der Waals surface area contributed by atoms with Crippen LogP contribution in [0.25, 0.3) is 0 Å². The molecule has 0 aliphatic carbocycles. The molecule has 38 heavy (non-hydrogen) atoms. The lowest BCUT2D eigenvalue weighted by atomic mass is 9.91. The van der Waals surface area contributed by atoms with Gasteiger partial charge in [-0.1, -0.05) is 45.0 Å². The van der Waals surface area contributed by atoms with Crippen molar-refractivity contribution in [2.75, 3.05) is 13.1 Å². The Morgan fingerprint density at radius 3 is 1.42 bits per heavy atom. The highest BCUT2D eigenvalue weighted by atomic mass is 16.3. The molecule has 0 bridgehead atoms. The first-order valence-corrected chi connectivity index (χ1v) is 13.1. The molecule has 4 rings (SSSR count). The summed E-state index contributed by atoms with van der Waals surface area (Å²) < 4.78 is 0. The van der Waals surface area contributed by atoms with Crippen LogP contribution in [-0.2, 0) is 31.6 Å². The maximum Gasteiger partial charge on any atom is 0.0794 e. The van der Waals surface area contributed by atoms with E-state index < -0.39 is 6.10 Å². The molecule has 0 radical (unpaired) electrons. The number of aromatic nitrogens is 4. The first-order chi connectivity index (χ1) is 18.3. The third-order valence-electron chi connectivity index (χ3n) is 6.23. The summed E-state index contributed by atoms with van der Waals surface area (Å²) in [5.41, 5.74) is 4.90. The van der Waals surface area contributed by atoms with E-state index in [4.69, 9.17) is 4.98 Å². The van der Waals surface area contributed by atoms with Crippen LogP contribution in [0.1, 0.15) is 49.2 Å². The Balaban J connectivity index is 1.49. The Bertz CT molecular complexity index is 1190. The van der Waals surface area contributed by atoms with Crippen LogP contribution in [0, 0.1) is 0 Å². The molecule has 1 unspecified atom stereocenters. The quantitative estimate of drug-likeness (QED) is 0.298. The van der Waals surface area contributed by atoms with Crippen LogP contribution < -0.4 is 0 Å². The summed E-state index contributed by atoms with van der Waals surface area (Å²) in [4.78, 5) is 22.9. The van der Waals surface area contributed by atoms with Gasteiger partial charge in [0.25, 0.3) is 0 Å². The molecule has 1 atom stereocenters. The van der Waals surface area contributed by atoms with Crippen molar-refractivity contribution in [2.24, 2.45) is 0 Å². The van der Waals surface area contributed by atoms with Gasteiger partial charge in [0.15, 0.2) is 0 Å². The van der Waals surface area contributed by atoms with Gasteiger partial charge < -0.3 is 5.11 Å². The van der Waals surface area contributed by atoms with E-state index in [1.54, 1.807) is 12.4 Å². The number of aliphatic hydroxyl groups is 1. The van der Waals surface area contributed by atoms with Crippen LogP contribution in [0.15, 0.2) is 91.4 Å². The smallest absolute Gasteiger partial charge is 0.0794 e. The van der Waals surface area contributed by atoms with Crippen molar-refractivity contribution in [2.45, 2.75) is 58.5 Å². The summed E-state index contributed by atoms with van der Waals surface area (Å²) in [6.45, 7) is 10.00. The second-order valence-electron chi connectivity index (χ2n) is 10.7. The fourth-order valence-electron chi connectivity index (χ4n) is 4.40. The normalized spacial score (nSPS) is 12.7. The summed E-state index contributed by atoms with van der Waals surface area (Å²) in [6.07, 6.45) is 4.83. The summed E-state index contributed by atoms with van der Waals surface area (Å²) in [7, 11) is 0. The highest BCUT2D eigenvalue weighted by Gasteiger charge is 2.20. The summed E-state index contributed by atoms with van der Waals surface area (Å²) in [5, 5.41) is 11.3. The van der Waals surface area contributed by atoms with E-state index >= 15 is 0 Å². The van der Waals surface area contributed by atoms with Gasteiger partial charge in [-0.05, 0) is 48.5 Å². The zero-order valence-corrected chi connectivity index (χ0v) is 22.6. The van der Waals surface area contributed by atoms with Crippen LogP contribution in [-0.4, -0.2) is 54.0 Å². The molecule has 4 heterocycles. The molecular formula is C31H38N6O. The molecule has 1 N–H and O–H groups in total. The van der Waals surface area contributed by atoms with Crippen molar-refractivity contribution in [3.05, 3.63) is 120 Å². The van der Waals surface area contributed by atoms with Crippen molar-refractivity contribution >= 4 is 0 Å². The van der Waals surface area contributed by atoms with Crippen LogP contribution in [0.4, 0.5) is 0 Å². The summed E-state index contributed by atoms with van der Waals surface area (Å²) in [6, 6.07) is 24.0. The van der Waals surface area contributed by atoms with Gasteiger partial charge in [0.05, 0.1) is 28.9 Å². The van der Waals surface area contributed by atoms with Gasteiger partial charge in [-0.3, -0.25) is 29.7 Å². The Morgan fingerprint density at radius 1 is 0.605 bits per heavy atom. The molecule has 4 aromatic heterocycles. The Labute approximate surface area is 226 Å². The zero-order chi connectivity index (χ0) is 26.8. The molecule has 0 amide bonds. The van der Waals surface area contributed by atoms with E-state index in [0.717, 1.165) is 28.5 Å². The fraction of sp³-hybridized carbons (Fsp3) is 0.355. The molecule has 0 saturated carbocycles. The van der Waals surface area contributed by atoms with E-state index in [2.05, 4.69) is 63.7 Å². The van der Waals surface area contributed by atoms with Crippen LogP contribution in [0.5, 0.6) is 0 Å². The van der Waals surface area contributed by atoms with Crippen molar-refractivity contribution in [3.8, 4) is 0 Å². The molecule has 4 aromatic rings. The molecule has 0 aliphatic rings. The molecule has 0 spiro atoms. The minimum atomic E-state index is -0.586. The monoisotopic (exact) mass is 510 g/mol. The zero-order valence-electron chi connectivity index (χ0n) is 22.6. The maximum atomic E-state index is 11.3. The second-order valence-corrected chi connectivity index (χ2v) is 10.7. The lowest BCUT2D eigenvalue weighted by molar-refractivity contribution is 0.0614. The van der Waals surface area contributed by atoms with Crippen molar-refractivity contribution < 1.29 is 5.11 Å². The number of hydrogen-bond acceptors (Lipinski definition) is 7. The van der Waals surface area contributed by atoms with Crippen molar-refractivity contribution in [1.82, 2.24) is 29.7 Å². The van der Waals surface area contributed by atoms with Gasteiger partial charge >= 0.3 is 0 Å². The average molecular weight is 511 g/mol. The van der Waals surface area contributed by atoms with Gasteiger partial charge in [0, 0.05) is 69.0 Å². The molecule has 198 valence electrons. The molecule has 0 fully saturated rings. The lowest BCUT2D eigenvalue weighted by Gasteiger charge is -2.29. The molecular weight excluding hydrogens is 472 g/mol. The van der Waals surface area contributed by atoms with Gasteiger partial charge in [-0.2, -0.15) is 0 Å². The van der Waals surface area contributed by atoms with Crippen LogP contribution >= 0.6 is 0 Å². The number of aliphatic hydroxyl groups excluding tert-OH is 1. The van der Waals surface area contributed by atoms with Gasteiger partial charge in [-0.15, -0.1) is 0 Å². The minimum absolute atomic E-state index is 0.0290. The topological polar surface area (TPSA) is 78.3 Å². The fourth-order valence-corrected chi connectivity index (χ4v) is 4.40. The third-order valence-corrected chi connectivity index (χ3v) is 6.23. The summed E-state index contributed by atoms with van der Waals surface area (Å²) >= 11 is 0. The van der Waals surface area contributed by atoms with E-state index in [9.17, 15) is 5.11 Å². The lowest BCUT2D eigenvalue weighted by Crippen LogP contribution is -2.40. The SMILES string of the molecule is CC(C)(C)c1cccc(CN(Cc2ccccn2)CC(O)CN(Cc2ccccn2)Cc2ccccn2)n1. The molecule has 0 aromatic carbocycles. The first-order valence-electron chi connectivity index (χ1n) is 13.1. The maximum absolute atomic E-state index is 11.3. The molecule has 0 aliphatic heterocycles. The number of nitrogens with zero attached hydrogens (tertiary/aromatic N) is 6. The standard InChI is InChI=1S/C31H38N6O/c1-31(2,3)30-15-10-14-28(35-30)22-37(21-27-13-6-9-18-34-27)24-29(38)23-36(19-25-11-4-7-16-32-25)20-26-12-5-8-17-33-26/h4-18,29,38H,19-24H2,1-3H3. The number of hydrogen-bond donors (Lipinski definition) is 1. The van der Waals surface area contributed by atoms with E-state index in [1.807, 2.05) is 60.8 Å². The Morgan fingerprint density at radius 2 is 1.03 bits per heavy atom. The van der Waals surface area contributed by atoms with Gasteiger partial charge in [0.2, 0.25) is 0 Å². The van der Waals surface area contributed by atoms with Gasteiger partial charge in [-0.25, -0.2) is 0 Å². The van der Waals surface area contributed by atoms with E-state index in [1.165, 1.54) is 0 Å². The van der Waals surface area contributed by atoms with E-state index in [0.29, 0.717) is 39.3 Å². The molecule has 7 nitrogen and oxygen atoms in total. The van der Waals surface area contributed by atoms with Crippen LogP contribution in [0.3, 0.4) is 0 Å². The highest BCUT2D eigenvalue weighted by Crippen LogP contribution is 2.21. The van der Waals surface area contributed by atoms with Crippen molar-refractivity contribution in [3.63, 3.8) is 0 Å². The van der Waals surface area contributed by atoms with Gasteiger partial charge in [0.1, 0.15) is 0 Å². The molecule has 7 heteroatoms. The highest BCUT2D eigenvalue weighted by molar-refractivity contribution is 5.18. The number of pyridine rings is 4. The third kappa shape index (κ3) is 8.80. The Kier molecular flexibility index (Phi) is 9.65. The minimum Gasteiger partial charge on any atom is -0.390 e. The van der Waals surface area contributed by atoms with Crippen LogP contribution in [0.2, 0.25) is 0 Å². The predicted octanol–water partition coefficient (Wildman–Crippen LogP) is 4.63. The predicted molar refractivity (Wildman–Crippen MR) is 150 cm³/mol. The van der Waals surface area contributed by atoms with Crippen molar-refractivity contribution in [1.29, 1.82) is 0 Å².